The quantitative estimate of drug-likeness (QED) is 0.163. The number of fused-ring (bicyclic) bond motifs is 1. The zero-order chi connectivity index (χ0) is 38.8. The Morgan fingerprint density at radius 2 is 1.65 bits per heavy atom. The summed E-state index contributed by atoms with van der Waals surface area (Å²) in [6, 6.07) is 16.0. The molecule has 0 saturated carbocycles. The number of nitrogens with zero attached hydrogens (tertiary/aromatic N) is 2. The van der Waals surface area contributed by atoms with Crippen molar-refractivity contribution < 1.29 is 47.7 Å². The molecule has 1 fully saturated rings. The fourth-order valence-electron chi connectivity index (χ4n) is 6.28. The van der Waals surface area contributed by atoms with Gasteiger partial charge in [-0.1, -0.05) is 54.6 Å². The van der Waals surface area contributed by atoms with Crippen LogP contribution in [-0.4, -0.2) is 96.2 Å². The molecule has 2 heterocycles. The minimum absolute atomic E-state index is 0.0199. The van der Waals surface area contributed by atoms with Crippen molar-refractivity contribution in [1.82, 2.24) is 25.8 Å². The molecule has 286 valence electrons. The van der Waals surface area contributed by atoms with Crippen molar-refractivity contribution in [3.05, 3.63) is 101 Å². The summed E-state index contributed by atoms with van der Waals surface area (Å²) in [4.78, 5) is 80.3. The SMILES string of the molecule is CC(C(=O)N[C@H](C(=O)N1Cc2ccccc2[C@H]1C(=O)Nc1cc(C(=O)NCCNC(=O)OCc2ccccc2)ccc1F)C1CCOCC1)N(C)C(=O)O. The molecular formula is C38H43FN6O9. The van der Waals surface area contributed by atoms with Gasteiger partial charge in [0.05, 0.1) is 5.69 Å². The average Bonchev–Trinajstić information content (AvgIpc) is 3.58. The summed E-state index contributed by atoms with van der Waals surface area (Å²) >= 11 is 0. The van der Waals surface area contributed by atoms with E-state index in [1.54, 1.807) is 24.3 Å². The van der Waals surface area contributed by atoms with E-state index in [1.807, 2.05) is 30.3 Å². The second-order valence-electron chi connectivity index (χ2n) is 13.0. The number of hydrogen-bond acceptors (Lipinski definition) is 8. The molecule has 0 aliphatic carbocycles. The number of carboxylic acid groups (broad SMARTS) is 1. The van der Waals surface area contributed by atoms with Gasteiger partial charge in [0.15, 0.2) is 0 Å². The Kier molecular flexibility index (Phi) is 13.2. The fraction of sp³-hybridized carbons (Fsp3) is 0.368. The lowest BCUT2D eigenvalue weighted by molar-refractivity contribution is -0.144. The lowest BCUT2D eigenvalue weighted by atomic mass is 9.90. The topological polar surface area (TPSA) is 196 Å². The Hall–Kier alpha value is -6.03. The van der Waals surface area contributed by atoms with Gasteiger partial charge in [0, 0.05) is 45.5 Å². The molecular weight excluding hydrogens is 703 g/mol. The first kappa shape index (κ1) is 39.2. The standard InChI is InChI=1S/C38H43FN6O9/c1-23(44(2)38(51)52)33(46)43-31(25-14-18-53-19-15-25)36(49)45-21-27-10-6-7-11-28(27)32(45)35(48)42-30-20-26(12-13-29(30)39)34(47)40-16-17-41-37(50)54-22-24-8-4-3-5-9-24/h3-13,20,23,25,31-32H,14-19,21-22H2,1-2H3,(H,40,47)(H,41,50)(H,42,48)(H,43,46)(H,51,52)/t23?,31-,32-/m0/s1. The van der Waals surface area contributed by atoms with Crippen LogP contribution in [0.15, 0.2) is 72.8 Å². The van der Waals surface area contributed by atoms with E-state index < -0.39 is 59.8 Å². The van der Waals surface area contributed by atoms with Gasteiger partial charge in [0.1, 0.15) is 30.5 Å². The van der Waals surface area contributed by atoms with Crippen molar-refractivity contribution in [2.75, 3.05) is 38.7 Å². The van der Waals surface area contributed by atoms with Crippen LogP contribution < -0.4 is 21.3 Å². The number of anilines is 1. The van der Waals surface area contributed by atoms with E-state index in [2.05, 4.69) is 21.3 Å². The van der Waals surface area contributed by atoms with Crippen LogP contribution in [0.1, 0.15) is 52.9 Å². The Balaban J connectivity index is 1.27. The van der Waals surface area contributed by atoms with Crippen LogP contribution >= 0.6 is 0 Å². The van der Waals surface area contributed by atoms with E-state index in [0.717, 1.165) is 16.5 Å². The third kappa shape index (κ3) is 9.69. The average molecular weight is 747 g/mol. The molecule has 3 atom stereocenters. The number of ether oxygens (including phenoxy) is 2. The maximum atomic E-state index is 15.1. The van der Waals surface area contributed by atoms with Crippen molar-refractivity contribution in [2.45, 2.75) is 51.0 Å². The van der Waals surface area contributed by atoms with Gasteiger partial charge >= 0.3 is 12.2 Å². The molecule has 5 rings (SSSR count). The summed E-state index contributed by atoms with van der Waals surface area (Å²) in [5.74, 6) is -3.78. The second-order valence-corrected chi connectivity index (χ2v) is 13.0. The second kappa shape index (κ2) is 18.1. The van der Waals surface area contributed by atoms with Gasteiger partial charge in [0.2, 0.25) is 11.8 Å². The normalized spacial score (nSPS) is 16.3. The molecule has 3 aromatic carbocycles. The zero-order valence-corrected chi connectivity index (χ0v) is 29.9. The van der Waals surface area contributed by atoms with Gasteiger partial charge in [-0.15, -0.1) is 0 Å². The zero-order valence-electron chi connectivity index (χ0n) is 29.9. The van der Waals surface area contributed by atoms with E-state index >= 15 is 4.39 Å². The van der Waals surface area contributed by atoms with Crippen LogP contribution in [0.2, 0.25) is 0 Å². The maximum absolute atomic E-state index is 15.1. The maximum Gasteiger partial charge on any atom is 0.407 e. The molecule has 15 nitrogen and oxygen atoms in total. The number of rotatable bonds is 13. The molecule has 1 unspecified atom stereocenters. The van der Waals surface area contributed by atoms with Crippen LogP contribution in [-0.2, 0) is 37.0 Å². The molecule has 0 bridgehead atoms. The molecule has 2 aliphatic rings. The third-order valence-electron chi connectivity index (χ3n) is 9.48. The van der Waals surface area contributed by atoms with E-state index in [4.69, 9.17) is 9.47 Å². The summed E-state index contributed by atoms with van der Waals surface area (Å²) < 4.78 is 25.8. The number of halogens is 1. The summed E-state index contributed by atoms with van der Waals surface area (Å²) in [7, 11) is 1.25. The Labute approximate surface area is 311 Å². The molecule has 5 N–H and O–H groups in total. The first-order valence-corrected chi connectivity index (χ1v) is 17.5. The largest absolute Gasteiger partial charge is 0.465 e. The highest BCUT2D eigenvalue weighted by Gasteiger charge is 2.44. The highest BCUT2D eigenvalue weighted by atomic mass is 19.1. The monoisotopic (exact) mass is 746 g/mol. The lowest BCUT2D eigenvalue weighted by Gasteiger charge is -2.35. The first-order chi connectivity index (χ1) is 25.9. The lowest BCUT2D eigenvalue weighted by Crippen LogP contribution is -2.57. The Morgan fingerprint density at radius 1 is 0.963 bits per heavy atom. The van der Waals surface area contributed by atoms with Gasteiger partial charge in [0.25, 0.3) is 11.8 Å². The van der Waals surface area contributed by atoms with E-state index in [-0.39, 0.29) is 43.4 Å². The third-order valence-corrected chi connectivity index (χ3v) is 9.48. The van der Waals surface area contributed by atoms with Crippen molar-refractivity contribution >= 4 is 41.5 Å². The molecule has 0 aromatic heterocycles. The smallest absolute Gasteiger partial charge is 0.407 e. The van der Waals surface area contributed by atoms with Gasteiger partial charge in [-0.3, -0.25) is 24.1 Å². The number of nitrogens with one attached hydrogen (secondary N) is 4. The molecule has 3 aromatic rings. The molecule has 2 aliphatic heterocycles. The Morgan fingerprint density at radius 3 is 2.37 bits per heavy atom. The van der Waals surface area contributed by atoms with Gasteiger partial charge in [-0.25, -0.2) is 14.0 Å². The van der Waals surface area contributed by atoms with Crippen molar-refractivity contribution in [1.29, 1.82) is 0 Å². The highest BCUT2D eigenvalue weighted by molar-refractivity contribution is 6.02. The number of amides is 6. The fourth-order valence-corrected chi connectivity index (χ4v) is 6.28. The number of carbonyl (C=O) groups is 6. The minimum atomic E-state index is -1.32. The summed E-state index contributed by atoms with van der Waals surface area (Å²) in [6.45, 7) is 2.29. The molecule has 16 heteroatoms. The number of likely N-dealkylation sites (N-methyl/N-ethyl adjacent to an activating group) is 1. The van der Waals surface area contributed by atoms with Gasteiger partial charge in [-0.05, 0) is 60.6 Å². The summed E-state index contributed by atoms with van der Waals surface area (Å²) in [5, 5.41) is 19.9. The highest BCUT2D eigenvalue weighted by Crippen LogP contribution is 2.36. The van der Waals surface area contributed by atoms with Crippen LogP contribution in [0, 0.1) is 11.7 Å². The summed E-state index contributed by atoms with van der Waals surface area (Å²) in [5.41, 5.74) is 1.72. The van der Waals surface area contributed by atoms with Gasteiger partial charge in [-0.2, -0.15) is 0 Å². The number of hydrogen-bond donors (Lipinski definition) is 5. The Bertz CT molecular complexity index is 1860. The molecule has 1 saturated heterocycles. The summed E-state index contributed by atoms with van der Waals surface area (Å²) in [6.07, 6.45) is -1.11. The predicted octanol–water partition coefficient (Wildman–Crippen LogP) is 3.41. The molecule has 6 amide bonds. The molecule has 54 heavy (non-hydrogen) atoms. The molecule has 0 spiro atoms. The van der Waals surface area contributed by atoms with Gasteiger partial charge < -0.3 is 40.7 Å². The number of benzene rings is 3. The number of carbonyl (C=O) groups excluding carboxylic acids is 5. The van der Waals surface area contributed by atoms with Crippen LogP contribution in [0.3, 0.4) is 0 Å². The minimum Gasteiger partial charge on any atom is -0.465 e. The van der Waals surface area contributed by atoms with E-state index in [1.165, 1.54) is 31.0 Å². The first-order valence-electron chi connectivity index (χ1n) is 17.5. The number of alkyl carbamates (subject to hydrolysis) is 1. The van der Waals surface area contributed by atoms with Crippen LogP contribution in [0.25, 0.3) is 0 Å². The van der Waals surface area contributed by atoms with E-state index in [0.29, 0.717) is 37.2 Å². The van der Waals surface area contributed by atoms with Crippen LogP contribution in [0.5, 0.6) is 0 Å². The van der Waals surface area contributed by atoms with E-state index in [9.17, 15) is 33.9 Å². The van der Waals surface area contributed by atoms with Crippen molar-refractivity contribution in [3.63, 3.8) is 0 Å². The van der Waals surface area contributed by atoms with Crippen LogP contribution in [0.4, 0.5) is 19.7 Å². The van der Waals surface area contributed by atoms with Crippen molar-refractivity contribution in [3.8, 4) is 0 Å². The predicted molar refractivity (Wildman–Crippen MR) is 192 cm³/mol. The molecule has 0 radical (unpaired) electrons. The van der Waals surface area contributed by atoms with Crippen molar-refractivity contribution in [2.24, 2.45) is 5.92 Å².